The molecule has 1 aliphatic rings. The standard InChI is InChI=1S/C14H19FN2O7/c1-14(2,3)12(21)23-5-7-8(18)9(19)11(24-7)17-4-6(15)10(20)16-13(17)22/h4,7-9,11,18-19H,5H2,1-3H3,(H,16,20,22)/t7-,8-,9-,11-/m1/s1. The van der Waals surface area contributed by atoms with Gasteiger partial charge in [0, 0.05) is 0 Å². The second-order valence-corrected chi connectivity index (χ2v) is 6.54. The zero-order chi connectivity index (χ0) is 18.2. The van der Waals surface area contributed by atoms with Crippen LogP contribution >= 0.6 is 0 Å². The lowest BCUT2D eigenvalue weighted by molar-refractivity contribution is -0.159. The second kappa shape index (κ2) is 6.46. The Kier molecular flexibility index (Phi) is 4.92. The maximum atomic E-state index is 13.3. The Hall–Kier alpha value is -2.04. The zero-order valence-electron chi connectivity index (χ0n) is 13.4. The molecule has 1 saturated heterocycles. The quantitative estimate of drug-likeness (QED) is 0.591. The smallest absolute Gasteiger partial charge is 0.330 e. The highest BCUT2D eigenvalue weighted by atomic mass is 19.1. The van der Waals surface area contributed by atoms with Crippen molar-refractivity contribution in [1.29, 1.82) is 0 Å². The van der Waals surface area contributed by atoms with Crippen molar-refractivity contribution in [3.05, 3.63) is 32.9 Å². The van der Waals surface area contributed by atoms with Gasteiger partial charge in [0.2, 0.25) is 5.82 Å². The summed E-state index contributed by atoms with van der Waals surface area (Å²) in [6, 6.07) is 0. The molecule has 0 radical (unpaired) electrons. The first-order valence-corrected chi connectivity index (χ1v) is 7.22. The monoisotopic (exact) mass is 346 g/mol. The Morgan fingerprint density at radius 2 is 2.00 bits per heavy atom. The van der Waals surface area contributed by atoms with Crippen LogP contribution in [-0.4, -0.2) is 50.7 Å². The third kappa shape index (κ3) is 3.55. The molecule has 1 fully saturated rings. The van der Waals surface area contributed by atoms with E-state index in [-0.39, 0.29) is 6.61 Å². The minimum atomic E-state index is -1.58. The molecule has 2 heterocycles. The highest BCUT2D eigenvalue weighted by Crippen LogP contribution is 2.29. The first-order chi connectivity index (χ1) is 11.0. The molecule has 0 aromatic carbocycles. The Balaban J connectivity index is 2.16. The van der Waals surface area contributed by atoms with Gasteiger partial charge in [-0.1, -0.05) is 0 Å². The summed E-state index contributed by atoms with van der Waals surface area (Å²) in [5.74, 6) is -1.79. The van der Waals surface area contributed by atoms with E-state index < -0.39 is 53.0 Å². The van der Waals surface area contributed by atoms with Crippen molar-refractivity contribution in [2.75, 3.05) is 6.61 Å². The minimum absolute atomic E-state index is 0.356. The van der Waals surface area contributed by atoms with Gasteiger partial charge in [-0.05, 0) is 20.8 Å². The Morgan fingerprint density at radius 1 is 1.38 bits per heavy atom. The Labute approximate surface area is 135 Å². The predicted molar refractivity (Wildman–Crippen MR) is 77.6 cm³/mol. The number of hydrogen-bond donors (Lipinski definition) is 3. The molecule has 24 heavy (non-hydrogen) atoms. The number of halogens is 1. The molecule has 1 aromatic rings. The van der Waals surface area contributed by atoms with Crippen molar-refractivity contribution < 1.29 is 28.9 Å². The van der Waals surface area contributed by atoms with Gasteiger partial charge in [-0.2, -0.15) is 4.39 Å². The fourth-order valence-corrected chi connectivity index (χ4v) is 2.12. The fraction of sp³-hybridized carbons (Fsp3) is 0.643. The van der Waals surface area contributed by atoms with Crippen LogP contribution in [0.25, 0.3) is 0 Å². The van der Waals surface area contributed by atoms with E-state index in [1.807, 2.05) is 0 Å². The maximum Gasteiger partial charge on any atom is 0.330 e. The summed E-state index contributed by atoms with van der Waals surface area (Å²) in [4.78, 5) is 36.2. The fourth-order valence-electron chi connectivity index (χ4n) is 2.12. The van der Waals surface area contributed by atoms with Crippen molar-refractivity contribution in [1.82, 2.24) is 9.55 Å². The molecule has 0 saturated carbocycles. The number of carbonyl (C=O) groups excluding carboxylic acids is 1. The molecule has 4 atom stereocenters. The number of carbonyl (C=O) groups is 1. The number of esters is 1. The van der Waals surface area contributed by atoms with Crippen molar-refractivity contribution in [3.8, 4) is 0 Å². The molecule has 0 spiro atoms. The minimum Gasteiger partial charge on any atom is -0.462 e. The number of rotatable bonds is 3. The Bertz CT molecular complexity index is 736. The van der Waals surface area contributed by atoms with Crippen molar-refractivity contribution in [3.63, 3.8) is 0 Å². The van der Waals surface area contributed by atoms with Gasteiger partial charge in [0.1, 0.15) is 24.9 Å². The van der Waals surface area contributed by atoms with Crippen LogP contribution in [0.5, 0.6) is 0 Å². The summed E-state index contributed by atoms with van der Waals surface area (Å²) in [5.41, 5.74) is -2.98. The summed E-state index contributed by atoms with van der Waals surface area (Å²) in [6.45, 7) is 4.57. The second-order valence-electron chi connectivity index (χ2n) is 6.54. The molecule has 0 amide bonds. The van der Waals surface area contributed by atoms with E-state index >= 15 is 0 Å². The van der Waals surface area contributed by atoms with E-state index in [0.717, 1.165) is 0 Å². The maximum absolute atomic E-state index is 13.3. The molecule has 1 aliphatic heterocycles. The molecule has 0 aliphatic carbocycles. The van der Waals surface area contributed by atoms with Gasteiger partial charge in [0.05, 0.1) is 11.6 Å². The van der Waals surface area contributed by atoms with Gasteiger partial charge in [-0.3, -0.25) is 19.1 Å². The molecule has 0 unspecified atom stereocenters. The third-order valence-corrected chi connectivity index (χ3v) is 3.53. The van der Waals surface area contributed by atoms with Crippen LogP contribution in [0.3, 0.4) is 0 Å². The van der Waals surface area contributed by atoms with Crippen LogP contribution in [0.1, 0.15) is 27.0 Å². The summed E-state index contributed by atoms with van der Waals surface area (Å²) in [7, 11) is 0. The lowest BCUT2D eigenvalue weighted by atomic mass is 9.97. The first kappa shape index (κ1) is 18.3. The highest BCUT2D eigenvalue weighted by Gasteiger charge is 2.45. The number of aromatic nitrogens is 2. The van der Waals surface area contributed by atoms with Gasteiger partial charge in [-0.25, -0.2) is 4.79 Å². The number of aliphatic hydroxyl groups excluding tert-OH is 2. The molecular weight excluding hydrogens is 327 g/mol. The molecular formula is C14H19FN2O7. The highest BCUT2D eigenvalue weighted by molar-refractivity contribution is 5.75. The number of aliphatic hydroxyl groups is 2. The molecule has 3 N–H and O–H groups in total. The third-order valence-electron chi connectivity index (χ3n) is 3.53. The van der Waals surface area contributed by atoms with Crippen LogP contribution in [0.2, 0.25) is 0 Å². The SMILES string of the molecule is CC(C)(C)C(=O)OC[C@H]1O[C@@H](n2cc(F)c(=O)[nH]c2=O)[C@H](O)[C@@H]1O. The van der Waals surface area contributed by atoms with Crippen LogP contribution in [-0.2, 0) is 14.3 Å². The van der Waals surface area contributed by atoms with Gasteiger partial charge < -0.3 is 19.7 Å². The molecule has 134 valence electrons. The lowest BCUT2D eigenvalue weighted by Crippen LogP contribution is -2.39. The van der Waals surface area contributed by atoms with Crippen molar-refractivity contribution in [2.45, 2.75) is 45.3 Å². The molecule has 10 heteroatoms. The van der Waals surface area contributed by atoms with Crippen molar-refractivity contribution >= 4 is 5.97 Å². The number of ether oxygens (including phenoxy) is 2. The number of nitrogens with one attached hydrogen (secondary N) is 1. The molecule has 2 rings (SSSR count). The largest absolute Gasteiger partial charge is 0.462 e. The zero-order valence-corrected chi connectivity index (χ0v) is 13.4. The average Bonchev–Trinajstić information content (AvgIpc) is 2.75. The van der Waals surface area contributed by atoms with E-state index in [1.54, 1.807) is 25.8 Å². The van der Waals surface area contributed by atoms with Crippen LogP contribution in [0, 0.1) is 11.2 Å². The molecule has 1 aromatic heterocycles. The normalized spacial score (nSPS) is 27.2. The van der Waals surface area contributed by atoms with E-state index in [9.17, 15) is 29.0 Å². The molecule has 0 bridgehead atoms. The van der Waals surface area contributed by atoms with E-state index in [2.05, 4.69) is 0 Å². The van der Waals surface area contributed by atoms with E-state index in [1.165, 1.54) is 0 Å². The summed E-state index contributed by atoms with van der Waals surface area (Å²) < 4.78 is 24.3. The average molecular weight is 346 g/mol. The topological polar surface area (TPSA) is 131 Å². The molecule has 9 nitrogen and oxygen atoms in total. The number of hydrogen-bond acceptors (Lipinski definition) is 7. The van der Waals surface area contributed by atoms with Gasteiger partial charge in [-0.15, -0.1) is 0 Å². The van der Waals surface area contributed by atoms with Crippen LogP contribution < -0.4 is 11.2 Å². The van der Waals surface area contributed by atoms with Gasteiger partial charge in [0.25, 0.3) is 5.56 Å². The lowest BCUT2D eigenvalue weighted by Gasteiger charge is -2.20. The number of H-pyrrole nitrogens is 1. The predicted octanol–water partition coefficient (Wildman–Crippen LogP) is -1.12. The van der Waals surface area contributed by atoms with Gasteiger partial charge in [0.15, 0.2) is 6.23 Å². The van der Waals surface area contributed by atoms with E-state index in [4.69, 9.17) is 9.47 Å². The van der Waals surface area contributed by atoms with Crippen LogP contribution in [0.15, 0.2) is 15.8 Å². The first-order valence-electron chi connectivity index (χ1n) is 7.22. The van der Waals surface area contributed by atoms with Crippen molar-refractivity contribution in [2.24, 2.45) is 5.41 Å². The summed E-state index contributed by atoms with van der Waals surface area (Å²) in [5, 5.41) is 20.0. The summed E-state index contributed by atoms with van der Waals surface area (Å²) >= 11 is 0. The number of aromatic amines is 1. The summed E-state index contributed by atoms with van der Waals surface area (Å²) in [6.07, 6.45) is -5.02. The van der Waals surface area contributed by atoms with Crippen LogP contribution in [0.4, 0.5) is 4.39 Å². The van der Waals surface area contributed by atoms with E-state index in [0.29, 0.717) is 10.8 Å². The van der Waals surface area contributed by atoms with Gasteiger partial charge >= 0.3 is 11.7 Å². The number of nitrogens with zero attached hydrogens (tertiary/aromatic N) is 1. The Morgan fingerprint density at radius 3 is 2.58 bits per heavy atom.